The molecule has 1 atom stereocenters. The van der Waals surface area contributed by atoms with Gasteiger partial charge in [0, 0.05) is 65.8 Å². The Morgan fingerprint density at radius 1 is 0.969 bits per heavy atom. The smallest absolute Gasteiger partial charge is 0.239 e. The summed E-state index contributed by atoms with van der Waals surface area (Å²) >= 11 is 0. The molecular formula is C23H37IN6O2. The number of nitrogens with one attached hydrogen (secondary N) is 2. The van der Waals surface area contributed by atoms with E-state index in [1.807, 2.05) is 42.2 Å². The van der Waals surface area contributed by atoms with Gasteiger partial charge in [0.25, 0.3) is 0 Å². The van der Waals surface area contributed by atoms with E-state index in [-0.39, 0.29) is 41.8 Å². The second-order valence-corrected chi connectivity index (χ2v) is 8.22. The fourth-order valence-corrected chi connectivity index (χ4v) is 4.18. The van der Waals surface area contributed by atoms with Gasteiger partial charge in [0.15, 0.2) is 5.96 Å². The van der Waals surface area contributed by atoms with Gasteiger partial charge in [-0.15, -0.1) is 24.0 Å². The fourth-order valence-electron chi connectivity index (χ4n) is 4.18. The van der Waals surface area contributed by atoms with Crippen molar-refractivity contribution in [1.29, 1.82) is 0 Å². The Kier molecular flexibility index (Phi) is 11.2. The van der Waals surface area contributed by atoms with Gasteiger partial charge in [0.1, 0.15) is 0 Å². The highest BCUT2D eigenvalue weighted by atomic mass is 127. The van der Waals surface area contributed by atoms with Crippen molar-refractivity contribution in [3.8, 4) is 0 Å². The number of hydrogen-bond donors (Lipinski definition) is 2. The number of amides is 2. The number of nitrogens with zero attached hydrogens (tertiary/aromatic N) is 4. The summed E-state index contributed by atoms with van der Waals surface area (Å²) in [6.45, 7) is 8.21. The minimum Gasteiger partial charge on any atom is -0.356 e. The predicted molar refractivity (Wildman–Crippen MR) is 138 cm³/mol. The van der Waals surface area contributed by atoms with Crippen molar-refractivity contribution in [2.45, 2.75) is 38.8 Å². The lowest BCUT2D eigenvalue weighted by molar-refractivity contribution is -0.135. The zero-order chi connectivity index (χ0) is 22.1. The van der Waals surface area contributed by atoms with Crippen molar-refractivity contribution in [1.82, 2.24) is 25.3 Å². The topological polar surface area (TPSA) is 80.3 Å². The molecule has 2 N–H and O–H groups in total. The highest BCUT2D eigenvalue weighted by Crippen LogP contribution is 2.14. The van der Waals surface area contributed by atoms with Crippen molar-refractivity contribution in [2.24, 2.45) is 4.99 Å². The van der Waals surface area contributed by atoms with Crippen LogP contribution in [0.1, 0.15) is 31.7 Å². The number of halogens is 1. The second kappa shape index (κ2) is 13.6. The van der Waals surface area contributed by atoms with Gasteiger partial charge in [-0.3, -0.25) is 19.5 Å². The van der Waals surface area contributed by atoms with Crippen molar-refractivity contribution < 1.29 is 9.59 Å². The number of rotatable bonds is 7. The molecule has 2 saturated heterocycles. The van der Waals surface area contributed by atoms with Crippen LogP contribution in [0.4, 0.5) is 0 Å². The van der Waals surface area contributed by atoms with Gasteiger partial charge < -0.3 is 20.4 Å². The Morgan fingerprint density at radius 2 is 1.62 bits per heavy atom. The minimum absolute atomic E-state index is 0. The summed E-state index contributed by atoms with van der Waals surface area (Å²) < 4.78 is 0. The van der Waals surface area contributed by atoms with Crippen molar-refractivity contribution in [3.05, 3.63) is 35.9 Å². The van der Waals surface area contributed by atoms with Crippen LogP contribution in [0.5, 0.6) is 0 Å². The largest absolute Gasteiger partial charge is 0.356 e. The Hall–Kier alpha value is -1.88. The van der Waals surface area contributed by atoms with Gasteiger partial charge in [0.05, 0.1) is 6.04 Å². The molecule has 0 bridgehead atoms. The fraction of sp³-hybridized carbons (Fsp3) is 0.609. The molecule has 8 nitrogen and oxygen atoms in total. The first-order chi connectivity index (χ1) is 15.1. The lowest BCUT2D eigenvalue weighted by atomic mass is 10.2. The number of benzene rings is 1. The molecule has 1 unspecified atom stereocenters. The number of piperazine rings is 1. The zero-order valence-electron chi connectivity index (χ0n) is 19.3. The molecule has 2 amide bonds. The summed E-state index contributed by atoms with van der Waals surface area (Å²) in [5.74, 6) is 1.09. The lowest BCUT2D eigenvalue weighted by Crippen LogP contribution is -2.57. The molecule has 0 radical (unpaired) electrons. The van der Waals surface area contributed by atoms with Crippen molar-refractivity contribution in [2.75, 3.05) is 52.9 Å². The second-order valence-electron chi connectivity index (χ2n) is 8.22. The number of likely N-dealkylation sites (tertiary alicyclic amines) is 1. The first-order valence-corrected chi connectivity index (χ1v) is 11.4. The first kappa shape index (κ1) is 26.4. The Morgan fingerprint density at radius 3 is 2.25 bits per heavy atom. The van der Waals surface area contributed by atoms with Crippen LogP contribution >= 0.6 is 24.0 Å². The van der Waals surface area contributed by atoms with Crippen LogP contribution in [0.2, 0.25) is 0 Å². The lowest BCUT2D eigenvalue weighted by Gasteiger charge is -2.39. The minimum atomic E-state index is -0.0662. The van der Waals surface area contributed by atoms with E-state index >= 15 is 0 Å². The van der Waals surface area contributed by atoms with Gasteiger partial charge in [-0.2, -0.15) is 0 Å². The number of carbonyl (C=O) groups is 2. The highest BCUT2D eigenvalue weighted by molar-refractivity contribution is 14.0. The third-order valence-electron chi connectivity index (χ3n) is 6.12. The van der Waals surface area contributed by atoms with Crippen LogP contribution in [0.25, 0.3) is 0 Å². The monoisotopic (exact) mass is 556 g/mol. The Labute approximate surface area is 208 Å². The molecular weight excluding hydrogens is 519 g/mol. The van der Waals surface area contributed by atoms with Crippen LogP contribution in [0.3, 0.4) is 0 Å². The van der Waals surface area contributed by atoms with Crippen LogP contribution < -0.4 is 10.6 Å². The van der Waals surface area contributed by atoms with E-state index < -0.39 is 0 Å². The molecule has 0 aromatic heterocycles. The van der Waals surface area contributed by atoms with Crippen molar-refractivity contribution in [3.63, 3.8) is 0 Å². The molecule has 1 aromatic carbocycles. The van der Waals surface area contributed by atoms with Gasteiger partial charge in [-0.25, -0.2) is 0 Å². The predicted octanol–water partition coefficient (Wildman–Crippen LogP) is 1.51. The SMILES string of the molecule is CN=C(NCCC(=O)NCc1ccccc1)N1CCN(C(C)C(=O)N2CCCC2)CC1.I. The summed E-state index contributed by atoms with van der Waals surface area (Å²) in [7, 11) is 1.77. The van der Waals surface area contributed by atoms with Crippen LogP contribution in [-0.2, 0) is 16.1 Å². The van der Waals surface area contributed by atoms with Gasteiger partial charge in [-0.05, 0) is 25.3 Å². The molecule has 9 heteroatoms. The molecule has 32 heavy (non-hydrogen) atoms. The summed E-state index contributed by atoms with van der Waals surface area (Å²) in [5, 5.41) is 6.25. The third kappa shape index (κ3) is 7.61. The number of guanidine groups is 1. The average molecular weight is 556 g/mol. The van der Waals surface area contributed by atoms with E-state index in [0.717, 1.165) is 63.6 Å². The summed E-state index contributed by atoms with van der Waals surface area (Å²) in [6, 6.07) is 9.83. The summed E-state index contributed by atoms with van der Waals surface area (Å²) in [6.07, 6.45) is 2.64. The summed E-state index contributed by atoms with van der Waals surface area (Å²) in [5.41, 5.74) is 1.09. The molecule has 0 aliphatic carbocycles. The average Bonchev–Trinajstić information content (AvgIpc) is 3.35. The van der Waals surface area contributed by atoms with Crippen LogP contribution in [0.15, 0.2) is 35.3 Å². The van der Waals surface area contributed by atoms with E-state index in [1.54, 1.807) is 7.05 Å². The Balaban J connectivity index is 0.00000363. The van der Waals surface area contributed by atoms with Crippen LogP contribution in [0, 0.1) is 0 Å². The molecule has 2 aliphatic rings. The molecule has 2 heterocycles. The standard InChI is InChI=1S/C23H36N6O2.HI/c1-19(22(31)28-12-6-7-13-28)27-14-16-29(17-15-27)23(24-2)25-11-10-21(30)26-18-20-8-4-3-5-9-20;/h3-5,8-9,19H,6-7,10-18H2,1-2H3,(H,24,25)(H,26,30);1H. The Bertz CT molecular complexity index is 746. The van der Waals surface area contributed by atoms with Gasteiger partial charge >= 0.3 is 0 Å². The summed E-state index contributed by atoms with van der Waals surface area (Å²) in [4.78, 5) is 35.6. The molecule has 2 aliphatic heterocycles. The maximum absolute atomic E-state index is 12.7. The third-order valence-corrected chi connectivity index (χ3v) is 6.12. The first-order valence-electron chi connectivity index (χ1n) is 11.4. The maximum Gasteiger partial charge on any atom is 0.239 e. The molecule has 3 rings (SSSR count). The maximum atomic E-state index is 12.7. The van der Waals surface area contributed by atoms with E-state index in [9.17, 15) is 9.59 Å². The number of aliphatic imine (C=N–C) groups is 1. The van der Waals surface area contributed by atoms with Crippen molar-refractivity contribution >= 4 is 41.8 Å². The van der Waals surface area contributed by atoms with E-state index in [1.165, 1.54) is 0 Å². The molecule has 2 fully saturated rings. The normalized spacial score (nSPS) is 18.1. The van der Waals surface area contributed by atoms with E-state index in [4.69, 9.17) is 0 Å². The van der Waals surface area contributed by atoms with Gasteiger partial charge in [0.2, 0.25) is 11.8 Å². The number of carbonyl (C=O) groups excluding carboxylic acids is 2. The molecule has 0 spiro atoms. The quantitative estimate of drug-likeness (QED) is 0.303. The van der Waals surface area contributed by atoms with Crippen LogP contribution in [-0.4, -0.2) is 91.4 Å². The molecule has 0 saturated carbocycles. The van der Waals surface area contributed by atoms with E-state index in [0.29, 0.717) is 19.5 Å². The molecule has 1 aromatic rings. The van der Waals surface area contributed by atoms with E-state index in [2.05, 4.69) is 25.4 Å². The molecule has 178 valence electrons. The number of hydrogen-bond acceptors (Lipinski definition) is 4. The van der Waals surface area contributed by atoms with Gasteiger partial charge in [-0.1, -0.05) is 30.3 Å². The zero-order valence-corrected chi connectivity index (χ0v) is 21.6. The highest BCUT2D eigenvalue weighted by Gasteiger charge is 2.30.